The lowest BCUT2D eigenvalue weighted by atomic mass is 9.88. The topological polar surface area (TPSA) is 3.24 Å². The lowest BCUT2D eigenvalue weighted by Crippen LogP contribution is -2.20. The minimum atomic E-state index is -4.33. The van der Waals surface area contributed by atoms with Crippen molar-refractivity contribution in [1.29, 1.82) is 0 Å². The van der Waals surface area contributed by atoms with Gasteiger partial charge in [0.2, 0.25) is 0 Å². The minimum Gasteiger partial charge on any atom is -0.373 e. The number of allylic oxidation sites excluding steroid dienone is 4. The van der Waals surface area contributed by atoms with Crippen molar-refractivity contribution in [3.05, 3.63) is 88.6 Å². The highest BCUT2D eigenvalue weighted by atomic mass is 19.4. The standard InChI is InChI=1S/C27H34F3N/c1-6-11-24(22-14-16-23(17-15-22)27(28,29)30)25(18-20(3)4)26(7-2)31(5)19-21-12-9-8-10-13-21/h8-17,20H,6-7,18-19H2,1-5H3/b24-11+,26-25-. The molecule has 0 atom stereocenters. The SMILES string of the molecule is CC/C=C(/C(CC(C)C)=C(/CC)N(C)Cc1ccccc1)c1ccc(C(F)(F)F)cc1. The van der Waals surface area contributed by atoms with Crippen LogP contribution in [0, 0.1) is 5.92 Å². The van der Waals surface area contributed by atoms with Crippen molar-refractivity contribution in [2.75, 3.05) is 7.05 Å². The average Bonchev–Trinajstić information content (AvgIpc) is 2.72. The van der Waals surface area contributed by atoms with Crippen LogP contribution in [0.25, 0.3) is 5.57 Å². The van der Waals surface area contributed by atoms with Gasteiger partial charge in [-0.2, -0.15) is 13.2 Å². The van der Waals surface area contributed by atoms with E-state index >= 15 is 0 Å². The number of halogens is 3. The maximum atomic E-state index is 13.1. The molecule has 0 saturated carbocycles. The van der Waals surface area contributed by atoms with Crippen molar-refractivity contribution < 1.29 is 13.2 Å². The van der Waals surface area contributed by atoms with Crippen molar-refractivity contribution in [2.45, 2.75) is 59.7 Å². The highest BCUT2D eigenvalue weighted by Crippen LogP contribution is 2.36. The number of benzene rings is 2. The van der Waals surface area contributed by atoms with Gasteiger partial charge in [-0.05, 0) is 59.6 Å². The van der Waals surface area contributed by atoms with Crippen LogP contribution in [0.4, 0.5) is 13.2 Å². The molecule has 1 nitrogen and oxygen atoms in total. The quantitative estimate of drug-likeness (QED) is 0.362. The fourth-order valence-corrected chi connectivity index (χ4v) is 3.92. The number of hydrogen-bond acceptors (Lipinski definition) is 1. The smallest absolute Gasteiger partial charge is 0.373 e. The summed E-state index contributed by atoms with van der Waals surface area (Å²) in [7, 11) is 2.10. The molecule has 0 aromatic heterocycles. The fraction of sp³-hybridized carbons (Fsp3) is 0.407. The molecule has 0 saturated heterocycles. The first kappa shape index (κ1) is 24.8. The zero-order valence-corrected chi connectivity index (χ0v) is 19.3. The van der Waals surface area contributed by atoms with Gasteiger partial charge in [-0.3, -0.25) is 0 Å². The van der Waals surface area contributed by atoms with E-state index in [2.05, 4.69) is 57.9 Å². The van der Waals surface area contributed by atoms with Gasteiger partial charge in [0.25, 0.3) is 0 Å². The lowest BCUT2D eigenvalue weighted by molar-refractivity contribution is -0.137. The highest BCUT2D eigenvalue weighted by molar-refractivity contribution is 5.80. The molecule has 2 rings (SSSR count). The molecule has 0 aliphatic rings. The third-order valence-corrected chi connectivity index (χ3v) is 5.28. The van der Waals surface area contributed by atoms with Gasteiger partial charge in [0, 0.05) is 19.3 Å². The lowest BCUT2D eigenvalue weighted by Gasteiger charge is -2.28. The third-order valence-electron chi connectivity index (χ3n) is 5.28. The van der Waals surface area contributed by atoms with Crippen LogP contribution in [0.15, 0.2) is 71.9 Å². The fourth-order valence-electron chi connectivity index (χ4n) is 3.92. The molecular weight excluding hydrogens is 395 g/mol. The second kappa shape index (κ2) is 11.2. The summed E-state index contributed by atoms with van der Waals surface area (Å²) in [6.07, 6.45) is 0.361. The molecule has 0 aliphatic carbocycles. The van der Waals surface area contributed by atoms with Crippen LogP contribution in [0.5, 0.6) is 0 Å². The van der Waals surface area contributed by atoms with Gasteiger partial charge in [0.05, 0.1) is 5.56 Å². The molecular formula is C27H34F3N. The Morgan fingerprint density at radius 2 is 1.58 bits per heavy atom. The molecule has 0 radical (unpaired) electrons. The van der Waals surface area contributed by atoms with Crippen molar-refractivity contribution >= 4 is 5.57 Å². The molecule has 0 bridgehead atoms. The van der Waals surface area contributed by atoms with E-state index in [0.717, 1.165) is 36.9 Å². The van der Waals surface area contributed by atoms with Crippen LogP contribution in [0.1, 0.15) is 63.6 Å². The van der Waals surface area contributed by atoms with Crippen LogP contribution in [0.3, 0.4) is 0 Å². The second-order valence-electron chi connectivity index (χ2n) is 8.32. The van der Waals surface area contributed by atoms with Crippen LogP contribution in [-0.4, -0.2) is 11.9 Å². The van der Waals surface area contributed by atoms with E-state index < -0.39 is 11.7 Å². The van der Waals surface area contributed by atoms with Crippen molar-refractivity contribution in [2.24, 2.45) is 5.92 Å². The van der Waals surface area contributed by atoms with Crippen LogP contribution in [0.2, 0.25) is 0 Å². The summed E-state index contributed by atoms with van der Waals surface area (Å²) in [6.45, 7) is 9.36. The van der Waals surface area contributed by atoms with Crippen molar-refractivity contribution in [3.8, 4) is 0 Å². The Morgan fingerprint density at radius 3 is 2.06 bits per heavy atom. The Morgan fingerprint density at radius 1 is 0.968 bits per heavy atom. The Labute approximate surface area is 185 Å². The van der Waals surface area contributed by atoms with E-state index in [9.17, 15) is 13.2 Å². The second-order valence-corrected chi connectivity index (χ2v) is 8.32. The molecule has 31 heavy (non-hydrogen) atoms. The Bertz CT molecular complexity index is 875. The van der Waals surface area contributed by atoms with Crippen LogP contribution in [-0.2, 0) is 12.7 Å². The van der Waals surface area contributed by atoms with Gasteiger partial charge in [-0.1, -0.05) is 76.2 Å². The largest absolute Gasteiger partial charge is 0.416 e. The molecule has 2 aromatic carbocycles. The third kappa shape index (κ3) is 7.02. The molecule has 168 valence electrons. The number of rotatable bonds is 9. The molecule has 0 unspecified atom stereocenters. The maximum Gasteiger partial charge on any atom is 0.416 e. The first-order valence-corrected chi connectivity index (χ1v) is 11.0. The van der Waals surface area contributed by atoms with Crippen LogP contribution < -0.4 is 0 Å². The monoisotopic (exact) mass is 429 g/mol. The number of nitrogens with zero attached hydrogens (tertiary/aromatic N) is 1. The van der Waals surface area contributed by atoms with Gasteiger partial charge in [0.1, 0.15) is 0 Å². The van der Waals surface area contributed by atoms with Gasteiger partial charge in [-0.15, -0.1) is 0 Å². The summed E-state index contributed by atoms with van der Waals surface area (Å²) < 4.78 is 39.2. The summed E-state index contributed by atoms with van der Waals surface area (Å²) in [5.74, 6) is 0.427. The molecule has 0 spiro atoms. The molecule has 0 heterocycles. The zero-order chi connectivity index (χ0) is 23.0. The van der Waals surface area contributed by atoms with Crippen molar-refractivity contribution in [3.63, 3.8) is 0 Å². The maximum absolute atomic E-state index is 13.1. The van der Waals surface area contributed by atoms with E-state index in [4.69, 9.17) is 0 Å². The predicted octanol–water partition coefficient (Wildman–Crippen LogP) is 8.34. The Balaban J connectivity index is 2.53. The summed E-state index contributed by atoms with van der Waals surface area (Å²) in [5, 5.41) is 0. The normalized spacial score (nSPS) is 13.4. The molecule has 0 amide bonds. The molecule has 2 aromatic rings. The van der Waals surface area contributed by atoms with Gasteiger partial charge in [-0.25, -0.2) is 0 Å². The zero-order valence-electron chi connectivity index (χ0n) is 19.3. The Hall–Kier alpha value is -2.49. The van der Waals surface area contributed by atoms with Crippen molar-refractivity contribution in [1.82, 2.24) is 4.90 Å². The number of hydrogen-bond donors (Lipinski definition) is 0. The molecule has 0 N–H and O–H groups in total. The number of alkyl halides is 3. The summed E-state index contributed by atoms with van der Waals surface area (Å²) in [5.41, 5.74) is 4.95. The van der Waals surface area contributed by atoms with E-state index in [1.807, 2.05) is 18.2 Å². The van der Waals surface area contributed by atoms with E-state index in [0.29, 0.717) is 5.92 Å². The first-order chi connectivity index (χ1) is 14.7. The van der Waals surface area contributed by atoms with E-state index in [1.54, 1.807) is 12.1 Å². The summed E-state index contributed by atoms with van der Waals surface area (Å²) in [6, 6.07) is 15.9. The predicted molar refractivity (Wildman–Crippen MR) is 124 cm³/mol. The average molecular weight is 430 g/mol. The molecule has 4 heteroatoms. The van der Waals surface area contributed by atoms with Crippen LogP contribution >= 0.6 is 0 Å². The van der Waals surface area contributed by atoms with E-state index in [-0.39, 0.29) is 0 Å². The minimum absolute atomic E-state index is 0.427. The highest BCUT2D eigenvalue weighted by Gasteiger charge is 2.30. The Kier molecular flexibility index (Phi) is 8.97. The first-order valence-electron chi connectivity index (χ1n) is 11.0. The van der Waals surface area contributed by atoms with Gasteiger partial charge < -0.3 is 4.90 Å². The van der Waals surface area contributed by atoms with E-state index in [1.165, 1.54) is 29.0 Å². The summed E-state index contributed by atoms with van der Waals surface area (Å²) in [4.78, 5) is 2.28. The summed E-state index contributed by atoms with van der Waals surface area (Å²) >= 11 is 0. The molecule has 0 fully saturated rings. The van der Waals surface area contributed by atoms with Gasteiger partial charge in [0.15, 0.2) is 0 Å². The molecule has 0 aliphatic heterocycles. The van der Waals surface area contributed by atoms with Gasteiger partial charge >= 0.3 is 6.18 Å².